The number of phenols is 1. The first-order chi connectivity index (χ1) is 35.3. The highest BCUT2D eigenvalue weighted by atomic mass is 32.2. The van der Waals surface area contributed by atoms with Gasteiger partial charge in [0.1, 0.15) is 48.0 Å². The standard InChI is InChI=1S/C50H73N13O10S/c1-6-30(4)42(47(70)59-37(23-33-24-54-28-56-33)48(71)63-21-11-15-39(63)45(68)60-38(49(72)73)27-74-26-32-12-8-7-9-13-32)62-44(67)36(22-31-16-18-34(64)19-17-31)58-46(69)41(29(2)3)61-43(66)35(57-40(65)25-53-5)14-10-20-55-50(51)52/h7-9,12-13,16-19,24,28-30,35-39,41-42,53,64H,6,10-11,14-15,20-23,25-27H2,1-5H3,(H,54,56)(H,57,65)(H,58,69)(H,59,70)(H,60,68)(H,61,66)(H,62,67)(H,72,73)(H4,51,52,55)/t30-,35-,36-,37-,38-,39-,41-,42-/m0/s1. The number of aromatic nitrogens is 2. The molecule has 74 heavy (non-hydrogen) atoms. The van der Waals surface area contributed by atoms with E-state index in [1.54, 1.807) is 40.0 Å². The predicted octanol–water partition coefficient (Wildman–Crippen LogP) is -0.207. The number of aliphatic imine (C=N–C) groups is 1. The largest absolute Gasteiger partial charge is 0.508 e. The van der Waals surface area contributed by atoms with Gasteiger partial charge in [0.15, 0.2) is 5.96 Å². The number of carboxylic acid groups (broad SMARTS) is 1. The Hall–Kier alpha value is -7.21. The maximum Gasteiger partial charge on any atom is 0.327 e. The molecule has 0 spiro atoms. The van der Waals surface area contributed by atoms with Gasteiger partial charge in [-0.2, -0.15) is 11.8 Å². The second kappa shape index (κ2) is 30.1. The monoisotopic (exact) mass is 1050 g/mol. The van der Waals surface area contributed by atoms with Crippen molar-refractivity contribution in [3.05, 3.63) is 83.9 Å². The number of hydrogen-bond donors (Lipinski definition) is 12. The average Bonchev–Trinajstić information content (AvgIpc) is 4.08. The van der Waals surface area contributed by atoms with E-state index in [4.69, 9.17) is 11.5 Å². The molecule has 1 fully saturated rings. The van der Waals surface area contributed by atoms with Crippen molar-refractivity contribution in [3.63, 3.8) is 0 Å². The number of carbonyl (C=O) groups excluding carboxylic acids is 7. The zero-order chi connectivity index (χ0) is 54.3. The molecule has 1 aliphatic heterocycles. The number of carboxylic acids is 1. The summed E-state index contributed by atoms with van der Waals surface area (Å²) >= 11 is 1.35. The number of hydrogen-bond acceptors (Lipinski definition) is 13. The van der Waals surface area contributed by atoms with Gasteiger partial charge in [0, 0.05) is 49.3 Å². The zero-order valence-corrected chi connectivity index (χ0v) is 43.4. The SMILES string of the molecule is CC[C@H](C)[C@H](NC(=O)[C@H](Cc1ccc(O)cc1)NC(=O)[C@@H](NC(=O)[C@H](CCCN=C(N)N)NC(=O)CNC)C(C)C)C(=O)N[C@@H](Cc1cnc[nH]1)C(=O)N1CCC[C@H]1C(=O)N[C@@H](CSCc1ccccc1)C(=O)O. The summed E-state index contributed by atoms with van der Waals surface area (Å²) in [6, 6.07) is 6.96. The third-order valence-corrected chi connectivity index (χ3v) is 13.5. The number of imidazole rings is 1. The molecule has 0 radical (unpaired) electrons. The lowest BCUT2D eigenvalue weighted by molar-refractivity contribution is -0.144. The highest BCUT2D eigenvalue weighted by Crippen LogP contribution is 2.22. The molecule has 8 atom stereocenters. The van der Waals surface area contributed by atoms with Crippen molar-refractivity contribution in [2.75, 3.05) is 32.4 Å². The van der Waals surface area contributed by atoms with Crippen LogP contribution in [-0.2, 0) is 57.0 Å². The van der Waals surface area contributed by atoms with Crippen LogP contribution in [0.4, 0.5) is 0 Å². The number of carbonyl (C=O) groups is 8. The van der Waals surface area contributed by atoms with Crippen LogP contribution in [-0.4, -0.2) is 153 Å². The molecule has 3 aromatic rings. The van der Waals surface area contributed by atoms with E-state index in [2.05, 4.69) is 52.2 Å². The molecule has 23 nitrogen and oxygen atoms in total. The average molecular weight is 1050 g/mol. The van der Waals surface area contributed by atoms with Crippen LogP contribution in [0, 0.1) is 11.8 Å². The van der Waals surface area contributed by atoms with E-state index < -0.39 is 101 Å². The lowest BCUT2D eigenvalue weighted by atomic mass is 9.96. The highest BCUT2D eigenvalue weighted by molar-refractivity contribution is 7.98. The third-order valence-electron chi connectivity index (χ3n) is 12.4. The molecule has 1 saturated heterocycles. The first-order valence-electron chi connectivity index (χ1n) is 24.7. The quantitative estimate of drug-likeness (QED) is 0.0234. The molecule has 0 aliphatic carbocycles. The lowest BCUT2D eigenvalue weighted by Crippen LogP contribution is -2.62. The summed E-state index contributed by atoms with van der Waals surface area (Å²) in [7, 11) is 1.57. The number of nitrogens with one attached hydrogen (secondary N) is 8. The fourth-order valence-corrected chi connectivity index (χ4v) is 9.16. The number of amides is 7. The Labute approximate surface area is 435 Å². The number of aliphatic carboxylic acids is 1. The summed E-state index contributed by atoms with van der Waals surface area (Å²) in [5.41, 5.74) is 12.9. The maximum atomic E-state index is 14.6. The molecule has 0 bridgehead atoms. The highest BCUT2D eigenvalue weighted by Gasteiger charge is 2.41. The minimum absolute atomic E-state index is 0.0391. The van der Waals surface area contributed by atoms with Crippen LogP contribution in [0.5, 0.6) is 5.75 Å². The predicted molar refractivity (Wildman–Crippen MR) is 279 cm³/mol. The van der Waals surface area contributed by atoms with Crippen LogP contribution in [0.2, 0.25) is 0 Å². The summed E-state index contributed by atoms with van der Waals surface area (Å²) in [5.74, 6) is -6.50. The van der Waals surface area contributed by atoms with Gasteiger partial charge in [-0.15, -0.1) is 0 Å². The van der Waals surface area contributed by atoms with Gasteiger partial charge in [0.25, 0.3) is 0 Å². The van der Waals surface area contributed by atoms with Crippen molar-refractivity contribution >= 4 is 65.0 Å². The molecule has 0 saturated carbocycles. The summed E-state index contributed by atoms with van der Waals surface area (Å²) in [6.07, 6.45) is 4.20. The van der Waals surface area contributed by atoms with Gasteiger partial charge in [-0.05, 0) is 67.8 Å². The Morgan fingerprint density at radius 3 is 2.09 bits per heavy atom. The van der Waals surface area contributed by atoms with Gasteiger partial charge in [0.2, 0.25) is 41.4 Å². The number of nitrogens with zero attached hydrogens (tertiary/aromatic N) is 3. The number of nitrogens with two attached hydrogens (primary N) is 2. The Morgan fingerprint density at radius 2 is 1.47 bits per heavy atom. The molecule has 14 N–H and O–H groups in total. The van der Waals surface area contributed by atoms with Gasteiger partial charge < -0.3 is 68.8 Å². The number of phenolic OH excluding ortho intramolecular Hbond substituents is 1. The maximum absolute atomic E-state index is 14.6. The second-order valence-electron chi connectivity index (χ2n) is 18.6. The molecule has 24 heteroatoms. The number of thioether (sulfide) groups is 1. The fraction of sp³-hybridized carbons (Fsp3) is 0.520. The van der Waals surface area contributed by atoms with Crippen LogP contribution in [0.15, 0.2) is 72.1 Å². The molecule has 2 aromatic carbocycles. The molecule has 7 amide bonds. The molecule has 0 unspecified atom stereocenters. The van der Waals surface area contributed by atoms with Crippen molar-refractivity contribution < 1.29 is 48.6 Å². The normalized spacial score (nSPS) is 16.0. The van der Waals surface area contributed by atoms with E-state index in [-0.39, 0.29) is 62.8 Å². The van der Waals surface area contributed by atoms with Crippen LogP contribution in [0.3, 0.4) is 0 Å². The summed E-state index contributed by atoms with van der Waals surface area (Å²) < 4.78 is 0. The number of likely N-dealkylation sites (N-methyl/N-ethyl adjacent to an activating group) is 1. The van der Waals surface area contributed by atoms with Crippen LogP contribution in [0.25, 0.3) is 0 Å². The lowest BCUT2D eigenvalue weighted by Gasteiger charge is -2.32. The van der Waals surface area contributed by atoms with E-state index in [0.717, 1.165) is 5.56 Å². The minimum Gasteiger partial charge on any atom is -0.508 e. The fourth-order valence-electron chi connectivity index (χ4n) is 8.15. The van der Waals surface area contributed by atoms with Crippen LogP contribution >= 0.6 is 11.8 Å². The smallest absolute Gasteiger partial charge is 0.327 e. The van der Waals surface area contributed by atoms with E-state index in [9.17, 15) is 48.6 Å². The van der Waals surface area contributed by atoms with Gasteiger partial charge in [-0.1, -0.05) is 76.6 Å². The van der Waals surface area contributed by atoms with Crippen molar-refractivity contribution in [1.29, 1.82) is 0 Å². The van der Waals surface area contributed by atoms with Crippen molar-refractivity contribution in [1.82, 2.24) is 52.1 Å². The summed E-state index contributed by atoms with van der Waals surface area (Å²) in [6.45, 7) is 7.17. The molecule has 4 rings (SSSR count). The molecule has 1 aliphatic rings. The van der Waals surface area contributed by atoms with Gasteiger partial charge in [-0.3, -0.25) is 38.6 Å². The molecule has 2 heterocycles. The number of benzene rings is 2. The van der Waals surface area contributed by atoms with E-state index in [1.807, 2.05) is 37.3 Å². The molecular formula is C50H73N13O10S. The Balaban J connectivity index is 1.56. The number of H-pyrrole nitrogens is 1. The summed E-state index contributed by atoms with van der Waals surface area (Å²) in [4.78, 5) is 123. The minimum atomic E-state index is -1.35. The van der Waals surface area contributed by atoms with Gasteiger partial charge in [-0.25, -0.2) is 9.78 Å². The van der Waals surface area contributed by atoms with Gasteiger partial charge >= 0.3 is 5.97 Å². The number of guanidine groups is 1. The third kappa shape index (κ3) is 19.0. The number of rotatable bonds is 30. The van der Waals surface area contributed by atoms with Crippen LogP contribution < -0.4 is 48.7 Å². The van der Waals surface area contributed by atoms with E-state index in [0.29, 0.717) is 36.3 Å². The first-order valence-corrected chi connectivity index (χ1v) is 25.9. The molecular weight excluding hydrogens is 975 g/mol. The first kappa shape index (κ1) is 59.4. The van der Waals surface area contributed by atoms with Crippen molar-refractivity contribution in [2.24, 2.45) is 28.3 Å². The van der Waals surface area contributed by atoms with E-state index >= 15 is 0 Å². The number of aromatic hydroxyl groups is 1. The Bertz CT molecular complexity index is 2350. The van der Waals surface area contributed by atoms with Crippen molar-refractivity contribution in [3.8, 4) is 5.75 Å². The summed E-state index contributed by atoms with van der Waals surface area (Å²) in [5, 5.41) is 39.2. The van der Waals surface area contributed by atoms with Gasteiger partial charge in [0.05, 0.1) is 12.9 Å². The topological polar surface area (TPSA) is 358 Å². The molecule has 404 valence electrons. The number of aromatic amines is 1. The zero-order valence-electron chi connectivity index (χ0n) is 42.6. The van der Waals surface area contributed by atoms with E-state index in [1.165, 1.54) is 41.3 Å². The molecule has 1 aromatic heterocycles. The van der Waals surface area contributed by atoms with Crippen LogP contribution in [0.1, 0.15) is 76.6 Å². The number of likely N-dealkylation sites (tertiary alicyclic amines) is 1. The second-order valence-corrected chi connectivity index (χ2v) is 19.6. The Kier molecular flexibility index (Phi) is 24.1. The van der Waals surface area contributed by atoms with Crippen molar-refractivity contribution in [2.45, 2.75) is 121 Å². The Morgan fingerprint density at radius 1 is 0.811 bits per heavy atom.